The Bertz CT molecular complexity index is 1610. The average molecular weight is 477 g/mol. The van der Waals surface area contributed by atoms with Crippen LogP contribution < -0.4 is 10.9 Å². The van der Waals surface area contributed by atoms with Gasteiger partial charge in [-0.25, -0.2) is 9.67 Å². The number of hydrogen-bond donors (Lipinski definition) is 1. The van der Waals surface area contributed by atoms with Gasteiger partial charge in [0, 0.05) is 18.0 Å². The van der Waals surface area contributed by atoms with E-state index < -0.39 is 0 Å². The fourth-order valence-electron chi connectivity index (χ4n) is 4.54. The first-order valence-electron chi connectivity index (χ1n) is 12.1. The Morgan fingerprint density at radius 2 is 1.64 bits per heavy atom. The molecule has 180 valence electrons. The summed E-state index contributed by atoms with van der Waals surface area (Å²) < 4.78 is 3.31. The zero-order valence-electron chi connectivity index (χ0n) is 20.7. The minimum absolute atomic E-state index is 0.262. The molecule has 36 heavy (non-hydrogen) atoms. The van der Waals surface area contributed by atoms with Gasteiger partial charge in [0.2, 0.25) is 0 Å². The first kappa shape index (κ1) is 23.3. The Morgan fingerprint density at radius 1 is 0.944 bits per heavy atom. The van der Waals surface area contributed by atoms with E-state index in [1.807, 2.05) is 80.7 Å². The number of pyridine rings is 1. The number of carbonyl (C=O) groups is 1. The number of amides is 1. The van der Waals surface area contributed by atoms with Crippen molar-refractivity contribution in [1.82, 2.24) is 14.3 Å². The molecule has 0 aliphatic carbocycles. The number of nitrogens with one attached hydrogen (secondary N) is 1. The molecule has 0 atom stereocenters. The van der Waals surface area contributed by atoms with Crippen LogP contribution in [-0.4, -0.2) is 20.3 Å². The Hall–Kier alpha value is -4.45. The van der Waals surface area contributed by atoms with Gasteiger partial charge in [-0.3, -0.25) is 14.3 Å². The molecule has 5 rings (SSSR count). The molecule has 5 aromatic rings. The second-order valence-corrected chi connectivity index (χ2v) is 8.91. The molecule has 2 aromatic heterocycles. The molecule has 6 nitrogen and oxygen atoms in total. The van der Waals surface area contributed by atoms with Crippen LogP contribution in [0, 0.1) is 6.92 Å². The van der Waals surface area contributed by atoms with Crippen molar-refractivity contribution in [2.24, 2.45) is 7.05 Å². The summed E-state index contributed by atoms with van der Waals surface area (Å²) in [5.41, 5.74) is 5.52. The number of aryl methyl sites for hydroxylation is 1. The van der Waals surface area contributed by atoms with E-state index in [-0.39, 0.29) is 17.2 Å². The molecule has 0 aliphatic heterocycles. The second-order valence-electron chi connectivity index (χ2n) is 8.91. The number of rotatable bonds is 6. The normalized spacial score (nSPS) is 11.1. The monoisotopic (exact) mass is 476 g/mol. The Kier molecular flexibility index (Phi) is 6.25. The van der Waals surface area contributed by atoms with E-state index in [2.05, 4.69) is 24.4 Å². The SMILES string of the molecule is CCCc1ccc(-c2cc(C(=O)Nc3c(C)n(C)n(-c4ccccc4)c3=O)c3ccccc3n2)cc1. The van der Waals surface area contributed by atoms with Gasteiger partial charge in [-0.1, -0.05) is 74.0 Å². The summed E-state index contributed by atoms with van der Waals surface area (Å²) in [6.07, 6.45) is 2.11. The summed E-state index contributed by atoms with van der Waals surface area (Å²) in [5.74, 6) is -0.344. The lowest BCUT2D eigenvalue weighted by Crippen LogP contribution is -2.23. The van der Waals surface area contributed by atoms with Crippen molar-refractivity contribution < 1.29 is 4.79 Å². The molecule has 0 saturated heterocycles. The van der Waals surface area contributed by atoms with Crippen LogP contribution in [0.4, 0.5) is 5.69 Å². The van der Waals surface area contributed by atoms with Crippen molar-refractivity contribution in [3.05, 3.63) is 112 Å². The van der Waals surface area contributed by atoms with Gasteiger partial charge in [-0.05, 0) is 43.2 Å². The minimum Gasteiger partial charge on any atom is -0.316 e. The average Bonchev–Trinajstić information content (AvgIpc) is 3.12. The Labute approximate surface area is 209 Å². The van der Waals surface area contributed by atoms with E-state index in [4.69, 9.17) is 4.98 Å². The minimum atomic E-state index is -0.344. The molecule has 0 fully saturated rings. The van der Waals surface area contributed by atoms with Crippen LogP contribution >= 0.6 is 0 Å². The van der Waals surface area contributed by atoms with Crippen LogP contribution in [0.5, 0.6) is 0 Å². The summed E-state index contributed by atoms with van der Waals surface area (Å²) in [4.78, 5) is 31.8. The molecule has 0 unspecified atom stereocenters. The molecular formula is C30H28N4O2. The predicted octanol–water partition coefficient (Wildman–Crippen LogP) is 5.90. The number of nitrogens with zero attached hydrogens (tertiary/aromatic N) is 3. The van der Waals surface area contributed by atoms with E-state index in [1.54, 1.807) is 15.4 Å². The van der Waals surface area contributed by atoms with E-state index in [0.717, 1.165) is 35.0 Å². The quantitative estimate of drug-likeness (QED) is 0.332. The molecular weight excluding hydrogens is 448 g/mol. The Morgan fingerprint density at radius 3 is 2.36 bits per heavy atom. The van der Waals surface area contributed by atoms with Gasteiger partial charge in [0.05, 0.1) is 28.2 Å². The fraction of sp³-hybridized carbons (Fsp3) is 0.167. The standard InChI is InChI=1S/C30H28N4O2/c1-4-10-21-15-17-22(18-16-21)27-19-25(24-13-8-9-14-26(24)31-27)29(35)32-28-20(2)33(3)34(30(28)36)23-11-6-5-7-12-23/h5-9,11-19H,4,10H2,1-3H3,(H,32,35). The van der Waals surface area contributed by atoms with Gasteiger partial charge in [0.1, 0.15) is 5.69 Å². The van der Waals surface area contributed by atoms with Crippen LogP contribution in [0.2, 0.25) is 0 Å². The van der Waals surface area contributed by atoms with E-state index in [0.29, 0.717) is 17.0 Å². The number of para-hydroxylation sites is 2. The third kappa shape index (κ3) is 4.22. The molecule has 0 bridgehead atoms. The first-order valence-corrected chi connectivity index (χ1v) is 12.1. The van der Waals surface area contributed by atoms with Crippen LogP contribution in [0.1, 0.15) is 35.0 Å². The number of aromatic nitrogens is 3. The van der Waals surface area contributed by atoms with Gasteiger partial charge in [0.25, 0.3) is 11.5 Å². The van der Waals surface area contributed by atoms with Gasteiger partial charge in [-0.15, -0.1) is 0 Å². The lowest BCUT2D eigenvalue weighted by Gasteiger charge is -2.11. The molecule has 0 spiro atoms. The zero-order chi connectivity index (χ0) is 25.2. The van der Waals surface area contributed by atoms with Crippen molar-refractivity contribution in [3.8, 4) is 16.9 Å². The number of anilines is 1. The maximum atomic E-state index is 13.6. The van der Waals surface area contributed by atoms with Gasteiger partial charge < -0.3 is 5.32 Å². The lowest BCUT2D eigenvalue weighted by molar-refractivity contribution is 0.102. The van der Waals surface area contributed by atoms with Gasteiger partial charge >= 0.3 is 0 Å². The summed E-state index contributed by atoms with van der Waals surface area (Å²) in [5, 5.41) is 3.64. The summed E-state index contributed by atoms with van der Waals surface area (Å²) in [6.45, 7) is 3.98. The van der Waals surface area contributed by atoms with E-state index >= 15 is 0 Å². The van der Waals surface area contributed by atoms with Crippen LogP contribution in [-0.2, 0) is 13.5 Å². The second kappa shape index (κ2) is 9.66. The molecule has 6 heteroatoms. The highest BCUT2D eigenvalue weighted by molar-refractivity contribution is 6.13. The van der Waals surface area contributed by atoms with Crippen molar-refractivity contribution >= 4 is 22.5 Å². The highest BCUT2D eigenvalue weighted by Gasteiger charge is 2.21. The molecule has 3 aromatic carbocycles. The van der Waals surface area contributed by atoms with Crippen molar-refractivity contribution in [1.29, 1.82) is 0 Å². The van der Waals surface area contributed by atoms with Crippen molar-refractivity contribution in [2.75, 3.05) is 5.32 Å². The third-order valence-electron chi connectivity index (χ3n) is 6.54. The maximum Gasteiger partial charge on any atom is 0.295 e. The topological polar surface area (TPSA) is 68.9 Å². The Balaban J connectivity index is 1.56. The zero-order valence-corrected chi connectivity index (χ0v) is 20.7. The van der Waals surface area contributed by atoms with Gasteiger partial charge in [-0.2, -0.15) is 0 Å². The number of hydrogen-bond acceptors (Lipinski definition) is 3. The smallest absolute Gasteiger partial charge is 0.295 e. The van der Waals surface area contributed by atoms with Crippen molar-refractivity contribution in [2.45, 2.75) is 26.7 Å². The van der Waals surface area contributed by atoms with E-state index in [9.17, 15) is 9.59 Å². The molecule has 1 amide bonds. The van der Waals surface area contributed by atoms with Crippen LogP contribution in [0.15, 0.2) is 89.7 Å². The lowest BCUT2D eigenvalue weighted by atomic mass is 10.0. The molecule has 0 radical (unpaired) electrons. The third-order valence-corrected chi connectivity index (χ3v) is 6.54. The highest BCUT2D eigenvalue weighted by Crippen LogP contribution is 2.26. The number of fused-ring (bicyclic) bond motifs is 1. The molecule has 0 aliphatic rings. The van der Waals surface area contributed by atoms with E-state index in [1.165, 1.54) is 5.56 Å². The largest absolute Gasteiger partial charge is 0.316 e. The molecule has 1 N–H and O–H groups in total. The molecule has 2 heterocycles. The summed E-state index contributed by atoms with van der Waals surface area (Å²) in [7, 11) is 1.81. The first-order chi connectivity index (χ1) is 17.5. The maximum absolute atomic E-state index is 13.6. The summed E-state index contributed by atoms with van der Waals surface area (Å²) in [6, 6.07) is 27.1. The molecule has 0 saturated carbocycles. The van der Waals surface area contributed by atoms with Crippen LogP contribution in [0.3, 0.4) is 0 Å². The highest BCUT2D eigenvalue weighted by atomic mass is 16.2. The fourth-order valence-corrected chi connectivity index (χ4v) is 4.54. The number of benzene rings is 3. The summed E-state index contributed by atoms with van der Waals surface area (Å²) >= 11 is 0. The van der Waals surface area contributed by atoms with Crippen LogP contribution in [0.25, 0.3) is 27.8 Å². The predicted molar refractivity (Wildman–Crippen MR) is 145 cm³/mol. The van der Waals surface area contributed by atoms with Crippen molar-refractivity contribution in [3.63, 3.8) is 0 Å². The van der Waals surface area contributed by atoms with Gasteiger partial charge in [0.15, 0.2) is 0 Å². The number of carbonyl (C=O) groups excluding carboxylic acids is 1.